The summed E-state index contributed by atoms with van der Waals surface area (Å²) in [6, 6.07) is 10.7. The number of likely N-dealkylation sites (tertiary alicyclic amines) is 1. The van der Waals surface area contributed by atoms with Gasteiger partial charge in [-0.05, 0) is 18.4 Å². The molecule has 2 aliphatic heterocycles. The number of hydrogen-bond acceptors (Lipinski definition) is 3. The fourth-order valence-corrected chi connectivity index (χ4v) is 4.29. The molecule has 4 heteroatoms. The summed E-state index contributed by atoms with van der Waals surface area (Å²) in [7, 11) is 0. The molecule has 2 heterocycles. The topological polar surface area (TPSA) is 23.6 Å². The second-order valence-electron chi connectivity index (χ2n) is 5.59. The maximum absolute atomic E-state index is 12.2. The quantitative estimate of drug-likeness (QED) is 0.854. The van der Waals surface area contributed by atoms with Crippen molar-refractivity contribution < 1.29 is 4.79 Å². The Hall–Kier alpha value is -1.00. The molecule has 2 fully saturated rings. The highest BCUT2D eigenvalue weighted by Crippen LogP contribution is 2.32. The Morgan fingerprint density at radius 1 is 1.15 bits per heavy atom. The zero-order valence-electron chi connectivity index (χ0n) is 11.8. The van der Waals surface area contributed by atoms with Crippen LogP contribution in [0, 0.1) is 0 Å². The summed E-state index contributed by atoms with van der Waals surface area (Å²) in [4.78, 5) is 16.6. The lowest BCUT2D eigenvalue weighted by Gasteiger charge is -2.33. The van der Waals surface area contributed by atoms with E-state index in [-0.39, 0.29) is 0 Å². The first kappa shape index (κ1) is 14.0. The number of rotatable bonds is 3. The molecule has 0 N–H and O–H groups in total. The second kappa shape index (κ2) is 6.64. The summed E-state index contributed by atoms with van der Waals surface area (Å²) < 4.78 is 0. The molecule has 0 aromatic heterocycles. The summed E-state index contributed by atoms with van der Waals surface area (Å²) >= 11 is 2.01. The lowest BCUT2D eigenvalue weighted by atomic mass is 10.1. The molecule has 0 radical (unpaired) electrons. The molecule has 0 aliphatic carbocycles. The van der Waals surface area contributed by atoms with Gasteiger partial charge in [-0.25, -0.2) is 0 Å². The number of thioether (sulfide) groups is 1. The van der Waals surface area contributed by atoms with E-state index in [1.165, 1.54) is 18.4 Å². The Kier molecular flexibility index (Phi) is 4.63. The maximum Gasteiger partial charge on any atom is 0.236 e. The van der Waals surface area contributed by atoms with Crippen LogP contribution >= 0.6 is 11.8 Å². The van der Waals surface area contributed by atoms with Gasteiger partial charge in [0.25, 0.3) is 0 Å². The number of nitrogens with zero attached hydrogens (tertiary/aromatic N) is 2. The molecular weight excluding hydrogens is 268 g/mol. The van der Waals surface area contributed by atoms with Gasteiger partial charge in [-0.3, -0.25) is 9.69 Å². The highest BCUT2D eigenvalue weighted by molar-refractivity contribution is 7.99. The maximum atomic E-state index is 12.2. The summed E-state index contributed by atoms with van der Waals surface area (Å²) in [6.07, 6.45) is 2.35. The van der Waals surface area contributed by atoms with Crippen molar-refractivity contribution in [1.29, 1.82) is 0 Å². The van der Waals surface area contributed by atoms with Crippen LogP contribution in [0.5, 0.6) is 0 Å². The Labute approximate surface area is 125 Å². The van der Waals surface area contributed by atoms with Crippen molar-refractivity contribution in [2.24, 2.45) is 0 Å². The molecule has 2 aliphatic rings. The van der Waals surface area contributed by atoms with E-state index in [1.807, 2.05) is 16.7 Å². The van der Waals surface area contributed by atoms with Crippen LogP contribution < -0.4 is 0 Å². The first-order valence-corrected chi connectivity index (χ1v) is 8.54. The van der Waals surface area contributed by atoms with E-state index in [0.29, 0.717) is 17.7 Å². The molecule has 108 valence electrons. The van der Waals surface area contributed by atoms with Crippen LogP contribution in [0.4, 0.5) is 0 Å². The van der Waals surface area contributed by atoms with Crippen LogP contribution in [0.1, 0.15) is 23.7 Å². The number of hydrogen-bond donors (Lipinski definition) is 0. The molecule has 3 rings (SSSR count). The largest absolute Gasteiger partial charge is 0.342 e. The first-order chi connectivity index (χ1) is 9.83. The van der Waals surface area contributed by atoms with Crippen LogP contribution in [0.3, 0.4) is 0 Å². The lowest BCUT2D eigenvalue weighted by Crippen LogP contribution is -2.43. The number of carbonyl (C=O) groups excluding carboxylic acids is 1. The molecule has 1 aromatic carbocycles. The van der Waals surface area contributed by atoms with E-state index in [9.17, 15) is 4.79 Å². The highest BCUT2D eigenvalue weighted by atomic mass is 32.2. The molecule has 1 aromatic rings. The average molecular weight is 290 g/mol. The molecule has 1 amide bonds. The summed E-state index contributed by atoms with van der Waals surface area (Å²) in [5, 5.41) is 0.510. The van der Waals surface area contributed by atoms with Crippen LogP contribution in [-0.4, -0.2) is 54.2 Å². The Balaban J connectivity index is 1.56. The molecule has 3 nitrogen and oxygen atoms in total. The fourth-order valence-electron chi connectivity index (χ4n) is 2.97. The molecule has 2 saturated heterocycles. The molecule has 0 bridgehead atoms. The SMILES string of the molecule is O=C(CN1CCSC(c2ccccc2)C1)N1CCCC1. The van der Waals surface area contributed by atoms with E-state index in [1.54, 1.807) is 0 Å². The third-order valence-electron chi connectivity index (χ3n) is 4.14. The van der Waals surface area contributed by atoms with Gasteiger partial charge in [-0.1, -0.05) is 30.3 Å². The van der Waals surface area contributed by atoms with Crippen LogP contribution in [0.25, 0.3) is 0 Å². The Morgan fingerprint density at radius 2 is 1.90 bits per heavy atom. The fraction of sp³-hybridized carbons (Fsp3) is 0.562. The minimum absolute atomic E-state index is 0.321. The summed E-state index contributed by atoms with van der Waals surface area (Å²) in [6.45, 7) is 4.55. The third kappa shape index (κ3) is 3.36. The number of benzene rings is 1. The lowest BCUT2D eigenvalue weighted by molar-refractivity contribution is -0.131. The molecule has 1 atom stereocenters. The summed E-state index contributed by atoms with van der Waals surface area (Å²) in [5.41, 5.74) is 1.39. The van der Waals surface area contributed by atoms with Crippen molar-refractivity contribution in [3.05, 3.63) is 35.9 Å². The number of amides is 1. The first-order valence-electron chi connectivity index (χ1n) is 7.49. The van der Waals surface area contributed by atoms with E-state index in [2.05, 4.69) is 35.2 Å². The molecule has 0 saturated carbocycles. The van der Waals surface area contributed by atoms with Crippen molar-refractivity contribution in [3.63, 3.8) is 0 Å². The minimum Gasteiger partial charge on any atom is -0.342 e. The van der Waals surface area contributed by atoms with Gasteiger partial charge < -0.3 is 4.90 Å². The summed E-state index contributed by atoms with van der Waals surface area (Å²) in [5.74, 6) is 1.44. The van der Waals surface area contributed by atoms with Crippen molar-refractivity contribution >= 4 is 17.7 Å². The van der Waals surface area contributed by atoms with Gasteiger partial charge >= 0.3 is 0 Å². The van der Waals surface area contributed by atoms with Gasteiger partial charge in [-0.2, -0.15) is 11.8 Å². The molecule has 20 heavy (non-hydrogen) atoms. The normalized spacial score (nSPS) is 24.0. The van der Waals surface area contributed by atoms with Crippen LogP contribution in [0.15, 0.2) is 30.3 Å². The van der Waals surface area contributed by atoms with Crippen molar-refractivity contribution in [3.8, 4) is 0 Å². The van der Waals surface area contributed by atoms with Gasteiger partial charge in [0.05, 0.1) is 6.54 Å². The van der Waals surface area contributed by atoms with Crippen LogP contribution in [0.2, 0.25) is 0 Å². The Morgan fingerprint density at radius 3 is 2.65 bits per heavy atom. The Bertz CT molecular complexity index is 445. The van der Waals surface area contributed by atoms with Gasteiger partial charge in [0.15, 0.2) is 0 Å². The predicted octanol–water partition coefficient (Wildman–Crippen LogP) is 2.40. The number of carbonyl (C=O) groups is 1. The zero-order valence-corrected chi connectivity index (χ0v) is 12.6. The van der Waals surface area contributed by atoms with E-state index in [4.69, 9.17) is 0 Å². The van der Waals surface area contributed by atoms with E-state index >= 15 is 0 Å². The molecule has 1 unspecified atom stereocenters. The van der Waals surface area contributed by atoms with Gasteiger partial charge in [0, 0.05) is 37.2 Å². The zero-order chi connectivity index (χ0) is 13.8. The predicted molar refractivity (Wildman–Crippen MR) is 83.9 cm³/mol. The monoisotopic (exact) mass is 290 g/mol. The molecular formula is C16H22N2OS. The second-order valence-corrected chi connectivity index (χ2v) is 6.90. The average Bonchev–Trinajstić information content (AvgIpc) is 3.03. The van der Waals surface area contributed by atoms with E-state index < -0.39 is 0 Å². The van der Waals surface area contributed by atoms with Crippen molar-refractivity contribution in [2.75, 3.05) is 38.5 Å². The standard InChI is InChI=1S/C16H22N2OS/c19-16(18-8-4-5-9-18)13-17-10-11-20-15(12-17)14-6-2-1-3-7-14/h1-3,6-7,15H,4-5,8-13H2. The molecule has 0 spiro atoms. The highest BCUT2D eigenvalue weighted by Gasteiger charge is 2.25. The minimum atomic E-state index is 0.321. The van der Waals surface area contributed by atoms with Crippen molar-refractivity contribution in [2.45, 2.75) is 18.1 Å². The van der Waals surface area contributed by atoms with Crippen LogP contribution in [-0.2, 0) is 4.79 Å². The smallest absolute Gasteiger partial charge is 0.236 e. The van der Waals surface area contributed by atoms with Gasteiger partial charge in [0.2, 0.25) is 5.91 Å². The third-order valence-corrected chi connectivity index (χ3v) is 5.38. The van der Waals surface area contributed by atoms with Gasteiger partial charge in [-0.15, -0.1) is 0 Å². The van der Waals surface area contributed by atoms with Gasteiger partial charge in [0.1, 0.15) is 0 Å². The van der Waals surface area contributed by atoms with Crippen molar-refractivity contribution in [1.82, 2.24) is 9.80 Å². The van der Waals surface area contributed by atoms with E-state index in [0.717, 1.165) is 31.9 Å².